The van der Waals surface area contributed by atoms with E-state index in [-0.39, 0.29) is 0 Å². The summed E-state index contributed by atoms with van der Waals surface area (Å²) in [7, 11) is 0. The molecule has 0 bridgehead atoms. The van der Waals surface area contributed by atoms with E-state index in [1.165, 1.54) is 0 Å². The summed E-state index contributed by atoms with van der Waals surface area (Å²) >= 11 is 0. The molecular formula is C15H21N3. The van der Waals surface area contributed by atoms with Crippen molar-refractivity contribution in [1.29, 1.82) is 0 Å². The lowest BCUT2D eigenvalue weighted by molar-refractivity contribution is 0.457. The number of imidazole rings is 1. The Bertz CT molecular complexity index is 533. The van der Waals surface area contributed by atoms with Crippen molar-refractivity contribution >= 4 is 5.65 Å². The lowest BCUT2D eigenvalue weighted by Crippen LogP contribution is -2.21. The largest absolute Gasteiger partial charge is 0.307 e. The minimum absolute atomic E-state index is 0.381. The molecule has 0 saturated heterocycles. The van der Waals surface area contributed by atoms with Crippen LogP contribution in [0.2, 0.25) is 0 Å². The second-order valence-electron chi connectivity index (χ2n) is 6.46. The molecular weight excluding hydrogens is 222 g/mol. The van der Waals surface area contributed by atoms with Gasteiger partial charge in [-0.25, -0.2) is 4.98 Å². The molecule has 3 nitrogen and oxygen atoms in total. The van der Waals surface area contributed by atoms with Gasteiger partial charge < -0.3 is 9.72 Å². The molecule has 1 aliphatic rings. The van der Waals surface area contributed by atoms with Gasteiger partial charge in [-0.1, -0.05) is 33.8 Å². The van der Waals surface area contributed by atoms with E-state index in [1.54, 1.807) is 0 Å². The van der Waals surface area contributed by atoms with Crippen LogP contribution in [0.15, 0.2) is 30.6 Å². The Kier molecular flexibility index (Phi) is 2.33. The number of hydrogen-bond donors (Lipinski definition) is 1. The second kappa shape index (κ2) is 3.58. The average molecular weight is 243 g/mol. The lowest BCUT2D eigenvalue weighted by Gasteiger charge is -2.03. The fourth-order valence-electron chi connectivity index (χ4n) is 2.99. The maximum Gasteiger partial charge on any atom is 0.137 e. The minimum atomic E-state index is 0.381. The third kappa shape index (κ3) is 1.57. The van der Waals surface area contributed by atoms with Crippen molar-refractivity contribution in [2.45, 2.75) is 40.3 Å². The van der Waals surface area contributed by atoms with E-state index in [4.69, 9.17) is 0 Å². The normalized spacial score (nSPS) is 21.3. The van der Waals surface area contributed by atoms with E-state index < -0.39 is 0 Å². The Morgan fingerprint density at radius 2 is 1.94 bits per heavy atom. The van der Waals surface area contributed by atoms with Crippen molar-refractivity contribution < 1.29 is 0 Å². The maximum absolute atomic E-state index is 4.61. The zero-order valence-electron chi connectivity index (χ0n) is 11.6. The number of rotatable bonds is 3. The minimum Gasteiger partial charge on any atom is -0.307 e. The standard InChI is InChI=1S/C15H21N3/c1-14(2)13(15(14,3)4)16-9-11-10-18-8-6-5-7-12(18)17-11/h5-8,10,13,16H,9H2,1-4H3. The Labute approximate surface area is 108 Å². The molecule has 18 heavy (non-hydrogen) atoms. The first-order valence-electron chi connectivity index (χ1n) is 6.59. The Morgan fingerprint density at radius 1 is 1.22 bits per heavy atom. The quantitative estimate of drug-likeness (QED) is 0.898. The van der Waals surface area contributed by atoms with Crippen LogP contribution in [-0.2, 0) is 6.54 Å². The van der Waals surface area contributed by atoms with Gasteiger partial charge in [-0.2, -0.15) is 0 Å². The van der Waals surface area contributed by atoms with Crippen molar-refractivity contribution in [3.63, 3.8) is 0 Å². The predicted octanol–water partition coefficient (Wildman–Crippen LogP) is 2.86. The fourth-order valence-corrected chi connectivity index (χ4v) is 2.99. The van der Waals surface area contributed by atoms with Gasteiger partial charge in [0.2, 0.25) is 0 Å². The molecule has 0 aliphatic heterocycles. The molecule has 2 heterocycles. The molecule has 0 radical (unpaired) electrons. The van der Waals surface area contributed by atoms with Gasteiger partial charge in [-0.05, 0) is 23.0 Å². The van der Waals surface area contributed by atoms with Gasteiger partial charge >= 0.3 is 0 Å². The third-order valence-corrected chi connectivity index (χ3v) is 4.92. The van der Waals surface area contributed by atoms with Crippen LogP contribution in [0.1, 0.15) is 33.4 Å². The van der Waals surface area contributed by atoms with Crippen LogP contribution in [-0.4, -0.2) is 15.4 Å². The summed E-state index contributed by atoms with van der Waals surface area (Å²) in [5.74, 6) is 0. The molecule has 1 N–H and O–H groups in total. The molecule has 2 aromatic rings. The number of hydrogen-bond acceptors (Lipinski definition) is 2. The van der Waals surface area contributed by atoms with E-state index in [2.05, 4.69) is 48.6 Å². The molecule has 0 atom stereocenters. The number of nitrogens with zero attached hydrogens (tertiary/aromatic N) is 2. The highest BCUT2D eigenvalue weighted by molar-refractivity contribution is 5.39. The van der Waals surface area contributed by atoms with Crippen molar-refractivity contribution in [1.82, 2.24) is 14.7 Å². The summed E-state index contributed by atoms with van der Waals surface area (Å²) in [4.78, 5) is 4.61. The van der Waals surface area contributed by atoms with E-state index in [1.807, 2.05) is 24.4 Å². The Morgan fingerprint density at radius 3 is 2.56 bits per heavy atom. The third-order valence-electron chi connectivity index (χ3n) is 4.92. The summed E-state index contributed by atoms with van der Waals surface area (Å²) in [5, 5.41) is 3.64. The lowest BCUT2D eigenvalue weighted by atomic mass is 10.0. The van der Waals surface area contributed by atoms with Gasteiger partial charge in [0.1, 0.15) is 5.65 Å². The van der Waals surface area contributed by atoms with Crippen molar-refractivity contribution in [3.8, 4) is 0 Å². The molecule has 0 spiro atoms. The molecule has 3 heteroatoms. The first kappa shape index (κ1) is 11.7. The highest BCUT2D eigenvalue weighted by Crippen LogP contribution is 2.62. The number of aromatic nitrogens is 2. The topological polar surface area (TPSA) is 29.3 Å². The van der Waals surface area contributed by atoms with Gasteiger partial charge in [-0.3, -0.25) is 0 Å². The zero-order chi connectivity index (χ0) is 13.0. The molecule has 1 saturated carbocycles. The summed E-state index contributed by atoms with van der Waals surface area (Å²) in [6.45, 7) is 10.2. The molecule has 1 aliphatic carbocycles. The summed E-state index contributed by atoms with van der Waals surface area (Å²) in [6, 6.07) is 6.66. The Balaban J connectivity index is 1.71. The van der Waals surface area contributed by atoms with Crippen LogP contribution < -0.4 is 5.32 Å². The molecule has 1 fully saturated rings. The SMILES string of the molecule is CC1(C)C(NCc2cn3ccccc3n2)C1(C)C. The molecule has 96 valence electrons. The van der Waals surface area contributed by atoms with Crippen LogP contribution in [0.4, 0.5) is 0 Å². The summed E-state index contributed by atoms with van der Waals surface area (Å²) in [6.07, 6.45) is 4.14. The number of pyridine rings is 1. The fraction of sp³-hybridized carbons (Fsp3) is 0.533. The zero-order valence-corrected chi connectivity index (χ0v) is 11.6. The van der Waals surface area contributed by atoms with E-state index in [0.717, 1.165) is 17.9 Å². The van der Waals surface area contributed by atoms with Crippen molar-refractivity contribution in [2.24, 2.45) is 10.8 Å². The monoisotopic (exact) mass is 243 g/mol. The van der Waals surface area contributed by atoms with Crippen LogP contribution in [0.25, 0.3) is 5.65 Å². The highest BCUT2D eigenvalue weighted by atomic mass is 15.1. The number of fused-ring (bicyclic) bond motifs is 1. The molecule has 0 amide bonds. The number of nitrogens with one attached hydrogen (secondary N) is 1. The first-order valence-corrected chi connectivity index (χ1v) is 6.59. The van der Waals surface area contributed by atoms with Gasteiger partial charge in [0, 0.05) is 25.0 Å². The van der Waals surface area contributed by atoms with E-state index >= 15 is 0 Å². The van der Waals surface area contributed by atoms with Crippen molar-refractivity contribution in [3.05, 3.63) is 36.3 Å². The maximum atomic E-state index is 4.61. The second-order valence-corrected chi connectivity index (χ2v) is 6.46. The van der Waals surface area contributed by atoms with Crippen LogP contribution in [0.5, 0.6) is 0 Å². The highest BCUT2D eigenvalue weighted by Gasteiger charge is 2.64. The molecule has 2 aromatic heterocycles. The van der Waals surface area contributed by atoms with E-state index in [0.29, 0.717) is 16.9 Å². The van der Waals surface area contributed by atoms with E-state index in [9.17, 15) is 0 Å². The van der Waals surface area contributed by atoms with Crippen LogP contribution >= 0.6 is 0 Å². The van der Waals surface area contributed by atoms with Gasteiger partial charge in [-0.15, -0.1) is 0 Å². The molecule has 0 unspecified atom stereocenters. The van der Waals surface area contributed by atoms with Crippen LogP contribution in [0.3, 0.4) is 0 Å². The molecule has 3 rings (SSSR count). The van der Waals surface area contributed by atoms with Crippen LogP contribution in [0, 0.1) is 10.8 Å². The van der Waals surface area contributed by atoms with Gasteiger partial charge in [0.25, 0.3) is 0 Å². The van der Waals surface area contributed by atoms with Gasteiger partial charge in [0.05, 0.1) is 5.69 Å². The predicted molar refractivity (Wildman–Crippen MR) is 73.4 cm³/mol. The first-order chi connectivity index (χ1) is 8.43. The summed E-state index contributed by atoms with van der Waals surface area (Å²) in [5.41, 5.74) is 2.89. The summed E-state index contributed by atoms with van der Waals surface area (Å²) < 4.78 is 2.07. The Hall–Kier alpha value is -1.35. The average Bonchev–Trinajstić information content (AvgIpc) is 2.66. The van der Waals surface area contributed by atoms with Gasteiger partial charge in [0.15, 0.2) is 0 Å². The smallest absolute Gasteiger partial charge is 0.137 e. The molecule has 0 aromatic carbocycles. The van der Waals surface area contributed by atoms with Crippen molar-refractivity contribution in [2.75, 3.05) is 0 Å².